The fraction of sp³-hybridized carbons (Fsp3) is 0.160. The predicted molar refractivity (Wildman–Crippen MR) is 131 cm³/mol. The second kappa shape index (κ2) is 9.84. The second-order valence-corrected chi connectivity index (χ2v) is 7.96. The minimum Gasteiger partial charge on any atom is -0.493 e. The van der Waals surface area contributed by atoms with Crippen LogP contribution in [0.15, 0.2) is 76.3 Å². The van der Waals surface area contributed by atoms with Crippen LogP contribution in [-0.2, 0) is 17.9 Å². The van der Waals surface area contributed by atoms with Crippen LogP contribution in [0.1, 0.15) is 5.56 Å². The maximum Gasteiger partial charge on any atom is 0.332 e. The topological polar surface area (TPSA) is 91.6 Å². The van der Waals surface area contributed by atoms with Crippen LogP contribution < -0.4 is 26.0 Å². The van der Waals surface area contributed by atoms with Gasteiger partial charge in [0.2, 0.25) is 5.91 Å². The average molecular weight is 480 g/mol. The van der Waals surface area contributed by atoms with Gasteiger partial charge in [0.1, 0.15) is 6.54 Å². The number of hydrogen-bond donors (Lipinski definition) is 1. The number of ether oxygens (including phenoxy) is 2. The summed E-state index contributed by atoms with van der Waals surface area (Å²) >= 11 is 6.06. The van der Waals surface area contributed by atoms with Gasteiger partial charge in [0.15, 0.2) is 11.5 Å². The summed E-state index contributed by atoms with van der Waals surface area (Å²) in [5.74, 6) is 0.543. The Labute approximate surface area is 199 Å². The van der Waals surface area contributed by atoms with Gasteiger partial charge in [-0.05, 0) is 42.0 Å². The van der Waals surface area contributed by atoms with E-state index in [1.807, 2.05) is 0 Å². The largest absolute Gasteiger partial charge is 0.493 e. The highest BCUT2D eigenvalue weighted by Crippen LogP contribution is 2.29. The lowest BCUT2D eigenvalue weighted by atomic mass is 10.2. The van der Waals surface area contributed by atoms with Crippen molar-refractivity contribution >= 4 is 34.1 Å². The second-order valence-electron chi connectivity index (χ2n) is 7.53. The highest BCUT2D eigenvalue weighted by Gasteiger charge is 2.16. The number of rotatable bonds is 7. The van der Waals surface area contributed by atoms with Crippen LogP contribution in [0.5, 0.6) is 11.5 Å². The van der Waals surface area contributed by atoms with Crippen molar-refractivity contribution in [2.75, 3.05) is 19.5 Å². The number of amides is 1. The zero-order valence-electron chi connectivity index (χ0n) is 18.6. The molecule has 0 aliphatic rings. The van der Waals surface area contributed by atoms with Gasteiger partial charge in [-0.3, -0.25) is 18.7 Å². The first kappa shape index (κ1) is 23.1. The number of fused-ring (bicyclic) bond motifs is 1. The van der Waals surface area contributed by atoms with Gasteiger partial charge in [0.05, 0.1) is 31.7 Å². The number of hydrogen-bond acceptors (Lipinski definition) is 5. The van der Waals surface area contributed by atoms with Gasteiger partial charge in [-0.25, -0.2) is 4.79 Å². The monoisotopic (exact) mass is 479 g/mol. The first-order valence-electron chi connectivity index (χ1n) is 10.4. The van der Waals surface area contributed by atoms with Gasteiger partial charge in [0, 0.05) is 16.8 Å². The summed E-state index contributed by atoms with van der Waals surface area (Å²) < 4.78 is 12.9. The smallest absolute Gasteiger partial charge is 0.332 e. The lowest BCUT2D eigenvalue weighted by molar-refractivity contribution is -0.116. The van der Waals surface area contributed by atoms with E-state index < -0.39 is 17.2 Å². The van der Waals surface area contributed by atoms with Crippen LogP contribution in [-0.4, -0.2) is 29.3 Å². The summed E-state index contributed by atoms with van der Waals surface area (Å²) in [6.45, 7) is -0.260. The van der Waals surface area contributed by atoms with Crippen molar-refractivity contribution in [3.05, 3.63) is 98.2 Å². The van der Waals surface area contributed by atoms with E-state index in [4.69, 9.17) is 21.1 Å². The predicted octanol–water partition coefficient (Wildman–Crippen LogP) is 3.52. The number of nitrogens with one attached hydrogen (secondary N) is 1. The Morgan fingerprint density at radius 3 is 2.41 bits per heavy atom. The van der Waals surface area contributed by atoms with Gasteiger partial charge in [0.25, 0.3) is 5.56 Å². The molecule has 1 heterocycles. The van der Waals surface area contributed by atoms with Crippen LogP contribution in [0.4, 0.5) is 5.69 Å². The maximum absolute atomic E-state index is 13.3. The Morgan fingerprint density at radius 2 is 1.68 bits per heavy atom. The average Bonchev–Trinajstić information content (AvgIpc) is 2.84. The number of aromatic nitrogens is 2. The van der Waals surface area contributed by atoms with Crippen LogP contribution in [0.25, 0.3) is 10.9 Å². The van der Waals surface area contributed by atoms with E-state index in [2.05, 4.69) is 5.32 Å². The summed E-state index contributed by atoms with van der Waals surface area (Å²) in [6, 6.07) is 18.6. The molecule has 1 N–H and O–H groups in total. The zero-order valence-corrected chi connectivity index (χ0v) is 19.3. The fourth-order valence-electron chi connectivity index (χ4n) is 3.74. The van der Waals surface area contributed by atoms with Crippen molar-refractivity contribution in [2.24, 2.45) is 0 Å². The van der Waals surface area contributed by atoms with Gasteiger partial charge < -0.3 is 14.8 Å². The van der Waals surface area contributed by atoms with E-state index in [9.17, 15) is 14.4 Å². The third-order valence-electron chi connectivity index (χ3n) is 5.33. The van der Waals surface area contributed by atoms with E-state index in [1.54, 1.807) is 66.7 Å². The number of nitrogens with zero attached hydrogens (tertiary/aromatic N) is 2. The Hall–Kier alpha value is -4.04. The normalized spacial score (nSPS) is 10.8. The van der Waals surface area contributed by atoms with Crippen molar-refractivity contribution in [1.29, 1.82) is 0 Å². The molecular weight excluding hydrogens is 458 g/mol. The molecule has 0 saturated carbocycles. The summed E-state index contributed by atoms with van der Waals surface area (Å²) in [4.78, 5) is 39.3. The molecule has 1 aromatic heterocycles. The lowest BCUT2D eigenvalue weighted by Gasteiger charge is -2.15. The lowest BCUT2D eigenvalue weighted by Crippen LogP contribution is -2.42. The molecule has 8 nitrogen and oxygen atoms in total. The van der Waals surface area contributed by atoms with Gasteiger partial charge in [-0.1, -0.05) is 35.9 Å². The minimum atomic E-state index is -0.592. The molecule has 0 aliphatic carbocycles. The molecule has 0 radical (unpaired) electrons. The first-order chi connectivity index (χ1) is 16.4. The van der Waals surface area contributed by atoms with Gasteiger partial charge in [-0.15, -0.1) is 0 Å². The summed E-state index contributed by atoms with van der Waals surface area (Å²) in [6.07, 6.45) is 0. The van der Waals surface area contributed by atoms with Crippen molar-refractivity contribution in [3.63, 3.8) is 0 Å². The summed E-state index contributed by atoms with van der Waals surface area (Å²) in [7, 11) is 3.02. The molecule has 34 heavy (non-hydrogen) atoms. The molecule has 0 aliphatic heterocycles. The molecule has 3 aromatic carbocycles. The summed E-state index contributed by atoms with van der Waals surface area (Å²) in [5.41, 5.74) is 0.529. The molecule has 4 rings (SSSR count). The molecule has 0 unspecified atom stereocenters. The number of para-hydroxylation sites is 1. The Bertz CT molecular complexity index is 1490. The van der Waals surface area contributed by atoms with Crippen LogP contribution >= 0.6 is 11.6 Å². The maximum atomic E-state index is 13.3. The Balaban J connectivity index is 1.71. The van der Waals surface area contributed by atoms with Crippen LogP contribution in [0.2, 0.25) is 5.02 Å². The highest BCUT2D eigenvalue weighted by molar-refractivity contribution is 6.30. The highest BCUT2D eigenvalue weighted by atomic mass is 35.5. The Morgan fingerprint density at radius 1 is 0.912 bits per heavy atom. The van der Waals surface area contributed by atoms with Crippen molar-refractivity contribution in [2.45, 2.75) is 13.1 Å². The minimum absolute atomic E-state index is 0.0281. The zero-order chi connectivity index (χ0) is 24.2. The molecule has 0 atom stereocenters. The SMILES string of the molecule is COc1ccc(NC(=O)Cn2c(=O)n(Cc3cccc(Cl)c3)c(=O)c3ccccc32)cc1OC. The Kier molecular flexibility index (Phi) is 6.70. The number of benzene rings is 3. The molecule has 0 bridgehead atoms. The van der Waals surface area contributed by atoms with Crippen molar-refractivity contribution in [1.82, 2.24) is 9.13 Å². The number of halogens is 1. The third-order valence-corrected chi connectivity index (χ3v) is 5.57. The number of carbonyl (C=O) groups excluding carboxylic acids is 1. The van der Waals surface area contributed by atoms with E-state index in [0.717, 1.165) is 4.57 Å². The van der Waals surface area contributed by atoms with E-state index in [0.29, 0.717) is 38.7 Å². The quantitative estimate of drug-likeness (QED) is 0.438. The summed E-state index contributed by atoms with van der Waals surface area (Å²) in [5, 5.41) is 3.60. The van der Waals surface area contributed by atoms with E-state index in [-0.39, 0.29) is 13.1 Å². The molecular formula is C25H22ClN3O5. The third kappa shape index (κ3) is 4.67. The van der Waals surface area contributed by atoms with Crippen molar-refractivity contribution < 1.29 is 14.3 Å². The molecule has 174 valence electrons. The van der Waals surface area contributed by atoms with Crippen molar-refractivity contribution in [3.8, 4) is 11.5 Å². The molecule has 0 spiro atoms. The molecule has 0 saturated heterocycles. The van der Waals surface area contributed by atoms with Gasteiger partial charge in [-0.2, -0.15) is 0 Å². The number of carbonyl (C=O) groups is 1. The van der Waals surface area contributed by atoms with E-state index >= 15 is 0 Å². The van der Waals surface area contributed by atoms with Gasteiger partial charge >= 0.3 is 5.69 Å². The number of anilines is 1. The molecule has 1 amide bonds. The molecule has 0 fully saturated rings. The van der Waals surface area contributed by atoms with Crippen LogP contribution in [0, 0.1) is 0 Å². The molecule has 9 heteroatoms. The first-order valence-corrected chi connectivity index (χ1v) is 10.8. The van der Waals surface area contributed by atoms with E-state index in [1.165, 1.54) is 18.8 Å². The van der Waals surface area contributed by atoms with Crippen LogP contribution in [0.3, 0.4) is 0 Å². The number of methoxy groups -OCH3 is 2. The standard InChI is InChI=1S/C25H22ClN3O5/c1-33-21-11-10-18(13-22(21)34-2)27-23(30)15-28-20-9-4-3-8-19(20)24(31)29(25(28)32)14-16-6-5-7-17(26)12-16/h3-13H,14-15H2,1-2H3,(H,27,30). The molecule has 4 aromatic rings. The fourth-order valence-corrected chi connectivity index (χ4v) is 3.95.